The molecule has 1 aromatic carbocycles. The minimum Gasteiger partial charge on any atom is -0.507 e. The molecule has 0 spiro atoms. The number of aryl methyl sites for hydroxylation is 1. The third kappa shape index (κ3) is 2.83. The summed E-state index contributed by atoms with van der Waals surface area (Å²) < 4.78 is 10.8. The Morgan fingerprint density at radius 3 is 2.86 bits per heavy atom. The van der Waals surface area contributed by atoms with E-state index in [4.69, 9.17) is 14.5 Å². The van der Waals surface area contributed by atoms with Gasteiger partial charge < -0.3 is 19.5 Å². The van der Waals surface area contributed by atoms with Crippen LogP contribution in [0.1, 0.15) is 18.9 Å². The number of hydrogen-bond donors (Lipinski definition) is 1. The number of anilines is 1. The lowest BCUT2D eigenvalue weighted by Crippen LogP contribution is -2.44. The van der Waals surface area contributed by atoms with Crippen molar-refractivity contribution in [2.24, 2.45) is 11.3 Å². The number of ether oxygens (including phenoxy) is 2. The number of phenolic OH excluding ortho intramolecular Hbond substituents is 1. The second-order valence-corrected chi connectivity index (χ2v) is 7.61. The first kappa shape index (κ1) is 18.7. The zero-order valence-electron chi connectivity index (χ0n) is 16.5. The molecule has 0 radical (unpaired) electrons. The molecule has 0 amide bonds. The molecule has 6 nitrogen and oxygen atoms in total. The molecule has 1 saturated carbocycles. The van der Waals surface area contributed by atoms with Gasteiger partial charge in [0.25, 0.3) is 0 Å². The van der Waals surface area contributed by atoms with E-state index < -0.39 is 5.41 Å². The molecule has 2 heterocycles. The Bertz CT molecular complexity index is 900. The smallest absolute Gasteiger partial charge is 0.314 e. The molecule has 1 saturated heterocycles. The fourth-order valence-corrected chi connectivity index (χ4v) is 4.52. The highest BCUT2D eigenvalue weighted by Crippen LogP contribution is 2.62. The summed E-state index contributed by atoms with van der Waals surface area (Å²) in [6.07, 6.45) is 0.840. The maximum Gasteiger partial charge on any atom is 0.314 e. The molecule has 0 bridgehead atoms. The second-order valence-electron chi connectivity index (χ2n) is 7.61. The molecule has 1 N–H and O–H groups in total. The van der Waals surface area contributed by atoms with Gasteiger partial charge in [0, 0.05) is 18.7 Å². The summed E-state index contributed by atoms with van der Waals surface area (Å²) in [7, 11) is 1.45. The lowest BCUT2D eigenvalue weighted by Gasteiger charge is -2.32. The van der Waals surface area contributed by atoms with E-state index in [9.17, 15) is 9.90 Å². The van der Waals surface area contributed by atoms with Gasteiger partial charge in [-0.05, 0) is 49.9 Å². The lowest BCUT2D eigenvalue weighted by molar-refractivity contribution is -0.148. The van der Waals surface area contributed by atoms with Crippen LogP contribution >= 0.6 is 0 Å². The van der Waals surface area contributed by atoms with Crippen molar-refractivity contribution < 1.29 is 19.4 Å². The van der Waals surface area contributed by atoms with Gasteiger partial charge in [-0.2, -0.15) is 0 Å². The number of nitrogens with zero attached hydrogens (tertiary/aromatic N) is 2. The fourth-order valence-electron chi connectivity index (χ4n) is 4.52. The SMILES string of the molecule is CCOC[C@H]1N(c2cccc(-c3cccc(C)c3O)n2)C[C@@H]2C[C@@]21C(=O)OC. The number of rotatable bonds is 6. The highest BCUT2D eigenvalue weighted by molar-refractivity contribution is 5.84. The van der Waals surface area contributed by atoms with Crippen LogP contribution in [0.2, 0.25) is 0 Å². The molecule has 28 heavy (non-hydrogen) atoms. The third-order valence-corrected chi connectivity index (χ3v) is 6.13. The van der Waals surface area contributed by atoms with Crippen LogP contribution in [-0.2, 0) is 14.3 Å². The first-order valence-corrected chi connectivity index (χ1v) is 9.71. The van der Waals surface area contributed by atoms with Crippen LogP contribution in [0, 0.1) is 18.3 Å². The average molecular weight is 382 g/mol. The highest BCUT2D eigenvalue weighted by atomic mass is 16.5. The molecule has 2 aromatic rings. The lowest BCUT2D eigenvalue weighted by atomic mass is 9.96. The largest absolute Gasteiger partial charge is 0.507 e. The number of phenols is 1. The minimum absolute atomic E-state index is 0.0984. The molecule has 2 aliphatic rings. The van der Waals surface area contributed by atoms with Crippen molar-refractivity contribution in [3.05, 3.63) is 42.0 Å². The maximum absolute atomic E-state index is 12.5. The molecule has 148 valence electrons. The van der Waals surface area contributed by atoms with E-state index in [1.54, 1.807) is 0 Å². The van der Waals surface area contributed by atoms with E-state index >= 15 is 0 Å². The number of para-hydroxylation sites is 1. The van der Waals surface area contributed by atoms with E-state index in [1.807, 2.05) is 50.2 Å². The van der Waals surface area contributed by atoms with Crippen molar-refractivity contribution in [2.45, 2.75) is 26.3 Å². The van der Waals surface area contributed by atoms with Crippen molar-refractivity contribution >= 4 is 11.8 Å². The summed E-state index contributed by atoms with van der Waals surface area (Å²) in [5.74, 6) is 1.15. The van der Waals surface area contributed by atoms with Gasteiger partial charge in [0.05, 0.1) is 30.9 Å². The average Bonchev–Trinajstić information content (AvgIpc) is 3.35. The molecule has 0 unspecified atom stereocenters. The topological polar surface area (TPSA) is 71.9 Å². The van der Waals surface area contributed by atoms with Gasteiger partial charge in [-0.3, -0.25) is 4.79 Å². The van der Waals surface area contributed by atoms with Gasteiger partial charge in [0.15, 0.2) is 0 Å². The predicted molar refractivity (Wildman–Crippen MR) is 106 cm³/mol. The van der Waals surface area contributed by atoms with Crippen LogP contribution in [0.4, 0.5) is 5.82 Å². The molecular formula is C22H26N2O4. The summed E-state index contributed by atoms with van der Waals surface area (Å²) in [5, 5.41) is 10.4. The number of pyridine rings is 1. The molecule has 1 aliphatic carbocycles. The van der Waals surface area contributed by atoms with Crippen molar-refractivity contribution in [1.82, 2.24) is 4.98 Å². The van der Waals surface area contributed by atoms with Crippen molar-refractivity contribution in [3.63, 3.8) is 0 Å². The van der Waals surface area contributed by atoms with E-state index in [1.165, 1.54) is 7.11 Å². The first-order chi connectivity index (χ1) is 13.5. The van der Waals surface area contributed by atoms with E-state index in [0.717, 1.165) is 24.3 Å². The van der Waals surface area contributed by atoms with Crippen LogP contribution < -0.4 is 4.90 Å². The van der Waals surface area contributed by atoms with Crippen LogP contribution in [0.5, 0.6) is 5.75 Å². The van der Waals surface area contributed by atoms with Gasteiger partial charge in [-0.15, -0.1) is 0 Å². The zero-order valence-corrected chi connectivity index (χ0v) is 16.5. The van der Waals surface area contributed by atoms with Crippen LogP contribution in [0.25, 0.3) is 11.3 Å². The van der Waals surface area contributed by atoms with Gasteiger partial charge in [0.1, 0.15) is 11.6 Å². The third-order valence-electron chi connectivity index (χ3n) is 6.13. The fraction of sp³-hybridized carbons (Fsp3) is 0.455. The van der Waals surface area contributed by atoms with Crippen LogP contribution in [0.3, 0.4) is 0 Å². The normalized spacial score (nSPS) is 25.5. The molecule has 4 rings (SSSR count). The quantitative estimate of drug-likeness (QED) is 0.774. The van der Waals surface area contributed by atoms with Crippen LogP contribution in [-0.4, -0.2) is 49.0 Å². The van der Waals surface area contributed by atoms with Crippen LogP contribution in [0.15, 0.2) is 36.4 Å². The Hall–Kier alpha value is -2.60. The molecule has 6 heteroatoms. The Kier molecular flexibility index (Phi) is 4.75. The second kappa shape index (κ2) is 7.09. The molecule has 1 aliphatic heterocycles. The number of carbonyl (C=O) groups is 1. The van der Waals surface area contributed by atoms with Gasteiger partial charge in [-0.1, -0.05) is 18.2 Å². The summed E-state index contributed by atoms with van der Waals surface area (Å²) in [6, 6.07) is 11.3. The number of fused-ring (bicyclic) bond motifs is 1. The standard InChI is InChI=1S/C22H26N2O4/c1-4-28-13-18-22(21(26)27-3)11-15(22)12-24(18)19-10-6-9-17(23-19)16-8-5-7-14(2)20(16)25/h5-10,15,18,25H,4,11-13H2,1-3H3/t15-,18+,22+/m0/s1. The summed E-state index contributed by atoms with van der Waals surface area (Å²) >= 11 is 0. The number of aromatic nitrogens is 1. The Labute approximate surface area is 165 Å². The summed E-state index contributed by atoms with van der Waals surface area (Å²) in [4.78, 5) is 19.5. The monoisotopic (exact) mass is 382 g/mol. The summed E-state index contributed by atoms with van der Waals surface area (Å²) in [5.41, 5.74) is 1.73. The summed E-state index contributed by atoms with van der Waals surface area (Å²) in [6.45, 7) is 5.63. The number of aromatic hydroxyl groups is 1. The molecular weight excluding hydrogens is 356 g/mol. The van der Waals surface area contributed by atoms with Crippen molar-refractivity contribution in [2.75, 3.05) is 31.8 Å². The van der Waals surface area contributed by atoms with Crippen molar-refractivity contribution in [3.8, 4) is 17.0 Å². The Morgan fingerprint density at radius 1 is 1.32 bits per heavy atom. The molecule has 2 fully saturated rings. The zero-order chi connectivity index (χ0) is 19.9. The van der Waals surface area contributed by atoms with Gasteiger partial charge >= 0.3 is 5.97 Å². The van der Waals surface area contributed by atoms with E-state index in [0.29, 0.717) is 24.5 Å². The predicted octanol–water partition coefficient (Wildman–Crippen LogP) is 3.17. The Balaban J connectivity index is 1.69. The number of benzene rings is 1. The number of hydrogen-bond acceptors (Lipinski definition) is 6. The number of methoxy groups -OCH3 is 1. The number of esters is 1. The van der Waals surface area contributed by atoms with E-state index in [2.05, 4.69) is 4.90 Å². The maximum atomic E-state index is 12.5. The van der Waals surface area contributed by atoms with Gasteiger partial charge in [0.2, 0.25) is 0 Å². The highest BCUT2D eigenvalue weighted by Gasteiger charge is 2.71. The van der Waals surface area contributed by atoms with E-state index in [-0.39, 0.29) is 23.7 Å². The minimum atomic E-state index is -0.493. The van der Waals surface area contributed by atoms with Gasteiger partial charge in [-0.25, -0.2) is 4.98 Å². The Morgan fingerprint density at radius 2 is 2.11 bits per heavy atom. The molecule has 3 atom stereocenters. The number of carbonyl (C=O) groups excluding carboxylic acids is 1. The first-order valence-electron chi connectivity index (χ1n) is 9.71. The number of piperidine rings is 1. The van der Waals surface area contributed by atoms with Crippen molar-refractivity contribution in [1.29, 1.82) is 0 Å². The molecule has 1 aromatic heterocycles.